The van der Waals surface area contributed by atoms with Crippen LogP contribution >= 0.6 is 0 Å². The highest BCUT2D eigenvalue weighted by molar-refractivity contribution is 6.19. The van der Waals surface area contributed by atoms with Gasteiger partial charge in [0.2, 0.25) is 0 Å². The smallest absolute Gasteiger partial charge is 0.178 e. The van der Waals surface area contributed by atoms with Gasteiger partial charge in [-0.3, -0.25) is 0 Å². The number of nitrogens with zero attached hydrogens (tertiary/aromatic N) is 1. The van der Waals surface area contributed by atoms with E-state index in [2.05, 4.69) is 164 Å². The first-order chi connectivity index (χ1) is 23.7. The summed E-state index contributed by atoms with van der Waals surface area (Å²) in [6, 6.07) is 53.4. The Hall–Kier alpha value is -6.06. The number of rotatable bonds is 6. The molecule has 0 N–H and O–H groups in total. The van der Waals surface area contributed by atoms with Gasteiger partial charge >= 0.3 is 0 Å². The fourth-order valence-corrected chi connectivity index (χ4v) is 7.63. The SMILES string of the molecule is COc1ccc(C2(c3ccc(N(c4ccccc4)c4ccccc4)cc3)C=Cc3c(C)c4c5c(cccc5c3O2)-c2ccccc2-4)cc1. The molecule has 7 aromatic carbocycles. The molecule has 1 aliphatic heterocycles. The van der Waals surface area contributed by atoms with Crippen molar-refractivity contribution in [3.63, 3.8) is 0 Å². The lowest BCUT2D eigenvalue weighted by Gasteiger charge is -2.37. The van der Waals surface area contributed by atoms with E-state index in [9.17, 15) is 0 Å². The minimum Gasteiger partial charge on any atom is -0.497 e. The topological polar surface area (TPSA) is 21.7 Å². The van der Waals surface area contributed by atoms with Gasteiger partial charge in [0.25, 0.3) is 0 Å². The summed E-state index contributed by atoms with van der Waals surface area (Å²) in [5.41, 5.74) is 12.0. The summed E-state index contributed by atoms with van der Waals surface area (Å²) in [4.78, 5) is 2.28. The summed E-state index contributed by atoms with van der Waals surface area (Å²) >= 11 is 0. The van der Waals surface area contributed by atoms with Crippen LogP contribution in [0.1, 0.15) is 22.3 Å². The van der Waals surface area contributed by atoms with Crippen molar-refractivity contribution in [2.45, 2.75) is 12.5 Å². The zero-order valence-corrected chi connectivity index (χ0v) is 26.9. The van der Waals surface area contributed by atoms with Crippen LogP contribution in [0, 0.1) is 6.92 Å². The maximum atomic E-state index is 7.42. The molecule has 1 aliphatic carbocycles. The molecule has 0 amide bonds. The standard InChI is InChI=1S/C45H33NO2/c1-30-37-28-29-45(32-22-26-36(47-2)27-23-32,48-44(37)41-19-11-18-40-38-16-9-10-17-39(38)42(30)43(40)41)31-20-24-35(25-21-31)46(33-12-5-3-6-13-33)34-14-7-4-8-15-34/h3-29H,1-2H3. The van der Waals surface area contributed by atoms with Crippen molar-refractivity contribution in [1.29, 1.82) is 0 Å². The molecule has 0 bridgehead atoms. The predicted molar refractivity (Wildman–Crippen MR) is 198 cm³/mol. The number of para-hydroxylation sites is 2. The average molecular weight is 620 g/mol. The number of fused-ring (bicyclic) bond motifs is 5. The summed E-state index contributed by atoms with van der Waals surface area (Å²) in [6.45, 7) is 2.23. The van der Waals surface area contributed by atoms with Gasteiger partial charge < -0.3 is 14.4 Å². The maximum absolute atomic E-state index is 7.42. The van der Waals surface area contributed by atoms with Gasteiger partial charge in [0.1, 0.15) is 11.5 Å². The van der Waals surface area contributed by atoms with Gasteiger partial charge in [-0.25, -0.2) is 0 Å². The molecule has 1 atom stereocenters. The summed E-state index contributed by atoms with van der Waals surface area (Å²) in [7, 11) is 1.70. The summed E-state index contributed by atoms with van der Waals surface area (Å²) in [5.74, 6) is 1.73. The van der Waals surface area contributed by atoms with E-state index in [0.717, 1.165) is 50.6 Å². The molecule has 0 saturated heterocycles. The van der Waals surface area contributed by atoms with Gasteiger partial charge in [-0.2, -0.15) is 0 Å². The molecular weight excluding hydrogens is 587 g/mol. The van der Waals surface area contributed by atoms with E-state index in [-0.39, 0.29) is 0 Å². The first kappa shape index (κ1) is 28.2. The monoisotopic (exact) mass is 619 g/mol. The highest BCUT2D eigenvalue weighted by atomic mass is 16.5. The first-order valence-corrected chi connectivity index (χ1v) is 16.4. The lowest BCUT2D eigenvalue weighted by Crippen LogP contribution is -2.34. The summed E-state index contributed by atoms with van der Waals surface area (Å²) in [5, 5.41) is 2.41. The minimum atomic E-state index is -0.861. The summed E-state index contributed by atoms with van der Waals surface area (Å²) in [6.07, 6.45) is 4.50. The van der Waals surface area contributed by atoms with Crippen LogP contribution in [0.4, 0.5) is 17.1 Å². The molecule has 1 unspecified atom stereocenters. The van der Waals surface area contributed by atoms with Gasteiger partial charge in [-0.15, -0.1) is 0 Å². The fraction of sp³-hybridized carbons (Fsp3) is 0.0667. The number of ether oxygens (including phenoxy) is 2. The van der Waals surface area contributed by atoms with Gasteiger partial charge in [0, 0.05) is 44.5 Å². The average Bonchev–Trinajstić information content (AvgIpc) is 3.50. The molecule has 3 heteroatoms. The number of anilines is 3. The lowest BCUT2D eigenvalue weighted by atomic mass is 9.82. The molecule has 0 aromatic heterocycles. The zero-order chi connectivity index (χ0) is 32.2. The minimum absolute atomic E-state index is 0.810. The normalized spacial score (nSPS) is 15.5. The van der Waals surface area contributed by atoms with Crippen molar-refractivity contribution < 1.29 is 9.47 Å². The Kier molecular flexibility index (Phi) is 6.48. The van der Waals surface area contributed by atoms with E-state index < -0.39 is 5.60 Å². The van der Waals surface area contributed by atoms with Crippen molar-refractivity contribution in [2.24, 2.45) is 0 Å². The highest BCUT2D eigenvalue weighted by Gasteiger charge is 2.40. The Bertz CT molecular complexity index is 2300. The zero-order valence-electron chi connectivity index (χ0n) is 26.9. The third-order valence-corrected chi connectivity index (χ3v) is 9.92. The molecule has 0 saturated carbocycles. The molecule has 7 aromatic rings. The van der Waals surface area contributed by atoms with Gasteiger partial charge in [-0.1, -0.05) is 109 Å². The molecule has 48 heavy (non-hydrogen) atoms. The Morgan fingerprint density at radius 2 is 1.12 bits per heavy atom. The van der Waals surface area contributed by atoms with Crippen LogP contribution in [0.15, 0.2) is 158 Å². The van der Waals surface area contributed by atoms with E-state index in [0.29, 0.717) is 0 Å². The fourth-order valence-electron chi connectivity index (χ4n) is 7.63. The molecule has 0 fully saturated rings. The second kappa shape index (κ2) is 11.0. The predicted octanol–water partition coefficient (Wildman–Crippen LogP) is 11.6. The van der Waals surface area contributed by atoms with Crippen LogP contribution in [0.2, 0.25) is 0 Å². The molecule has 2 aliphatic rings. The van der Waals surface area contributed by atoms with E-state index in [1.165, 1.54) is 33.2 Å². The third kappa shape index (κ3) is 4.21. The molecular formula is C45H33NO2. The number of hydrogen-bond donors (Lipinski definition) is 0. The van der Waals surface area contributed by atoms with E-state index in [4.69, 9.17) is 9.47 Å². The Morgan fingerprint density at radius 3 is 1.77 bits per heavy atom. The van der Waals surface area contributed by atoms with Crippen LogP contribution in [0.5, 0.6) is 11.5 Å². The van der Waals surface area contributed by atoms with E-state index >= 15 is 0 Å². The van der Waals surface area contributed by atoms with Crippen LogP contribution in [-0.2, 0) is 5.60 Å². The second-order valence-corrected chi connectivity index (χ2v) is 12.5. The number of benzene rings is 7. The van der Waals surface area contributed by atoms with E-state index in [1.807, 2.05) is 12.1 Å². The van der Waals surface area contributed by atoms with E-state index in [1.54, 1.807) is 7.11 Å². The summed E-state index contributed by atoms with van der Waals surface area (Å²) < 4.78 is 13.0. The van der Waals surface area contributed by atoms with Crippen LogP contribution < -0.4 is 14.4 Å². The molecule has 1 heterocycles. The maximum Gasteiger partial charge on any atom is 0.178 e. The quantitative estimate of drug-likeness (QED) is 0.185. The van der Waals surface area contributed by atoms with Crippen LogP contribution in [0.3, 0.4) is 0 Å². The Labute approximate surface area is 281 Å². The lowest BCUT2D eigenvalue weighted by molar-refractivity contribution is 0.163. The first-order valence-electron chi connectivity index (χ1n) is 16.4. The highest BCUT2D eigenvalue weighted by Crippen LogP contribution is 2.55. The van der Waals surface area contributed by atoms with Gasteiger partial charge in [0.15, 0.2) is 5.60 Å². The molecule has 3 nitrogen and oxygen atoms in total. The van der Waals surface area contributed by atoms with Crippen molar-refractivity contribution >= 4 is 33.9 Å². The van der Waals surface area contributed by atoms with Crippen molar-refractivity contribution in [1.82, 2.24) is 0 Å². The largest absolute Gasteiger partial charge is 0.497 e. The van der Waals surface area contributed by atoms with Crippen molar-refractivity contribution in [3.8, 4) is 33.8 Å². The third-order valence-electron chi connectivity index (χ3n) is 9.92. The van der Waals surface area contributed by atoms with Crippen LogP contribution in [0.25, 0.3) is 39.1 Å². The van der Waals surface area contributed by atoms with Gasteiger partial charge in [-0.05, 0) is 89.3 Å². The number of hydrogen-bond acceptors (Lipinski definition) is 3. The molecule has 0 spiro atoms. The molecule has 9 rings (SSSR count). The second-order valence-electron chi connectivity index (χ2n) is 12.5. The number of methoxy groups -OCH3 is 1. The molecule has 0 radical (unpaired) electrons. The Morgan fingerprint density at radius 1 is 0.562 bits per heavy atom. The van der Waals surface area contributed by atoms with Gasteiger partial charge in [0.05, 0.1) is 7.11 Å². The molecule has 230 valence electrons. The Balaban J connectivity index is 1.22. The van der Waals surface area contributed by atoms with Crippen molar-refractivity contribution in [3.05, 3.63) is 180 Å². The van der Waals surface area contributed by atoms with Crippen LogP contribution in [-0.4, -0.2) is 7.11 Å². The van der Waals surface area contributed by atoms with Crippen molar-refractivity contribution in [2.75, 3.05) is 12.0 Å².